The zero-order chi connectivity index (χ0) is 15.6. The second kappa shape index (κ2) is 5.81. The minimum Gasteiger partial charge on any atom is -0.480 e. The van der Waals surface area contributed by atoms with E-state index in [0.29, 0.717) is 12.8 Å². The fraction of sp³-hybridized carbons (Fsp3) is 0.533. The Labute approximate surface area is 123 Å². The van der Waals surface area contributed by atoms with E-state index in [4.69, 9.17) is 0 Å². The monoisotopic (exact) mass is 292 g/mol. The van der Waals surface area contributed by atoms with Gasteiger partial charge in [0.1, 0.15) is 5.54 Å². The Morgan fingerprint density at radius 1 is 1.48 bits per heavy atom. The summed E-state index contributed by atoms with van der Waals surface area (Å²) in [5, 5.41) is 20.3. The Balaban J connectivity index is 2.28. The number of nitro benzene ring substituents is 1. The van der Waals surface area contributed by atoms with Gasteiger partial charge in [-0.15, -0.1) is 0 Å². The molecule has 0 spiro atoms. The van der Waals surface area contributed by atoms with Crippen molar-refractivity contribution >= 4 is 11.7 Å². The summed E-state index contributed by atoms with van der Waals surface area (Å²) in [4.78, 5) is 24.0. The summed E-state index contributed by atoms with van der Waals surface area (Å²) in [5.74, 6) is -0.781. The quantitative estimate of drug-likeness (QED) is 0.666. The summed E-state index contributed by atoms with van der Waals surface area (Å²) in [6.07, 6.45) is 2.06. The average molecular weight is 292 g/mol. The van der Waals surface area contributed by atoms with E-state index in [0.717, 1.165) is 18.5 Å². The van der Waals surface area contributed by atoms with Crippen LogP contribution in [0.4, 0.5) is 5.69 Å². The molecule has 0 radical (unpaired) electrons. The third kappa shape index (κ3) is 2.63. The van der Waals surface area contributed by atoms with Crippen molar-refractivity contribution in [3.63, 3.8) is 0 Å². The van der Waals surface area contributed by atoms with Gasteiger partial charge in [-0.2, -0.15) is 0 Å². The predicted molar refractivity (Wildman–Crippen MR) is 78.1 cm³/mol. The number of nitro groups is 1. The molecule has 2 atom stereocenters. The van der Waals surface area contributed by atoms with E-state index in [9.17, 15) is 20.0 Å². The van der Waals surface area contributed by atoms with E-state index >= 15 is 0 Å². The van der Waals surface area contributed by atoms with Crippen LogP contribution in [0.5, 0.6) is 0 Å². The standard InChI is InChI=1S/C15H20N2O4/c1-3-15(14(18)19)9-4-10-16(15)11(2)12-5-7-13(8-6-12)17(20)21/h5-8,11H,3-4,9-10H2,1-2H3,(H,18,19). The van der Waals surface area contributed by atoms with Crippen LogP contribution in [-0.2, 0) is 4.79 Å². The summed E-state index contributed by atoms with van der Waals surface area (Å²) in [7, 11) is 0. The zero-order valence-electron chi connectivity index (χ0n) is 12.3. The number of benzene rings is 1. The van der Waals surface area contributed by atoms with Gasteiger partial charge in [0.05, 0.1) is 4.92 Å². The van der Waals surface area contributed by atoms with E-state index in [1.54, 1.807) is 12.1 Å². The van der Waals surface area contributed by atoms with Gasteiger partial charge in [-0.3, -0.25) is 19.8 Å². The number of carboxylic acid groups (broad SMARTS) is 1. The van der Waals surface area contributed by atoms with Gasteiger partial charge >= 0.3 is 5.97 Å². The van der Waals surface area contributed by atoms with Crippen LogP contribution in [0.2, 0.25) is 0 Å². The van der Waals surface area contributed by atoms with Gasteiger partial charge in [0.2, 0.25) is 0 Å². The fourth-order valence-corrected chi connectivity index (χ4v) is 3.28. The maximum absolute atomic E-state index is 11.7. The van der Waals surface area contributed by atoms with E-state index < -0.39 is 16.4 Å². The highest BCUT2D eigenvalue weighted by atomic mass is 16.6. The zero-order valence-corrected chi connectivity index (χ0v) is 12.3. The Morgan fingerprint density at radius 2 is 2.10 bits per heavy atom. The number of carbonyl (C=O) groups is 1. The molecule has 1 aliphatic rings. The minimum absolute atomic E-state index is 0.0485. The van der Waals surface area contributed by atoms with Crippen molar-refractivity contribution < 1.29 is 14.8 Å². The summed E-state index contributed by atoms with van der Waals surface area (Å²) in [6.45, 7) is 4.59. The van der Waals surface area contributed by atoms with Crippen molar-refractivity contribution in [2.75, 3.05) is 6.54 Å². The molecule has 1 N–H and O–H groups in total. The lowest BCUT2D eigenvalue weighted by molar-refractivity contribution is -0.384. The number of nitrogens with zero attached hydrogens (tertiary/aromatic N) is 2. The van der Waals surface area contributed by atoms with E-state index in [1.165, 1.54) is 12.1 Å². The molecule has 1 aliphatic heterocycles. The molecule has 1 heterocycles. The number of hydrogen-bond donors (Lipinski definition) is 1. The second-order valence-corrected chi connectivity index (χ2v) is 5.51. The van der Waals surface area contributed by atoms with Gasteiger partial charge in [0, 0.05) is 18.2 Å². The first-order valence-corrected chi connectivity index (χ1v) is 7.17. The number of rotatable bonds is 5. The van der Waals surface area contributed by atoms with Crippen LogP contribution in [0.1, 0.15) is 44.7 Å². The molecule has 1 saturated heterocycles. The number of carboxylic acids is 1. The molecule has 1 aromatic rings. The Bertz CT molecular complexity index is 543. The van der Waals surface area contributed by atoms with Crippen molar-refractivity contribution in [3.05, 3.63) is 39.9 Å². The van der Waals surface area contributed by atoms with E-state index in [-0.39, 0.29) is 11.7 Å². The molecule has 1 aromatic carbocycles. The SMILES string of the molecule is CCC1(C(=O)O)CCCN1C(C)c1ccc([N+](=O)[O-])cc1. The number of non-ortho nitro benzene ring substituents is 1. The molecular weight excluding hydrogens is 272 g/mol. The molecule has 0 aliphatic carbocycles. The molecule has 0 bridgehead atoms. The number of aliphatic carboxylic acids is 1. The Morgan fingerprint density at radius 3 is 2.57 bits per heavy atom. The van der Waals surface area contributed by atoms with E-state index in [1.807, 2.05) is 18.7 Å². The highest BCUT2D eigenvalue weighted by Gasteiger charge is 2.48. The van der Waals surface area contributed by atoms with Crippen molar-refractivity contribution in [2.45, 2.75) is 44.7 Å². The van der Waals surface area contributed by atoms with Crippen LogP contribution in [0.25, 0.3) is 0 Å². The summed E-state index contributed by atoms with van der Waals surface area (Å²) in [6, 6.07) is 6.28. The highest BCUT2D eigenvalue weighted by molar-refractivity contribution is 5.79. The van der Waals surface area contributed by atoms with Gasteiger partial charge in [-0.25, -0.2) is 0 Å². The lowest BCUT2D eigenvalue weighted by Gasteiger charge is -2.38. The highest BCUT2D eigenvalue weighted by Crippen LogP contribution is 2.39. The molecule has 2 unspecified atom stereocenters. The molecule has 6 nitrogen and oxygen atoms in total. The molecule has 1 fully saturated rings. The van der Waals surface area contributed by atoms with Gasteiger partial charge in [-0.05, 0) is 38.3 Å². The average Bonchev–Trinajstić information content (AvgIpc) is 2.91. The van der Waals surface area contributed by atoms with Crippen LogP contribution in [-0.4, -0.2) is 33.0 Å². The topological polar surface area (TPSA) is 83.7 Å². The second-order valence-electron chi connectivity index (χ2n) is 5.51. The summed E-state index contributed by atoms with van der Waals surface area (Å²) < 4.78 is 0. The fourth-order valence-electron chi connectivity index (χ4n) is 3.28. The predicted octanol–water partition coefficient (Wildman–Crippen LogP) is 2.99. The Hall–Kier alpha value is -1.95. The van der Waals surface area contributed by atoms with Crippen LogP contribution in [0.15, 0.2) is 24.3 Å². The minimum atomic E-state index is -0.818. The smallest absolute Gasteiger partial charge is 0.324 e. The third-order valence-corrected chi connectivity index (χ3v) is 4.58. The van der Waals surface area contributed by atoms with Gasteiger partial charge < -0.3 is 5.11 Å². The normalized spacial score (nSPS) is 23.9. The first kappa shape index (κ1) is 15.4. The van der Waals surface area contributed by atoms with Crippen molar-refractivity contribution in [1.29, 1.82) is 0 Å². The first-order chi connectivity index (χ1) is 9.92. The van der Waals surface area contributed by atoms with Crippen molar-refractivity contribution in [2.24, 2.45) is 0 Å². The summed E-state index contributed by atoms with van der Waals surface area (Å²) in [5.41, 5.74) is 0.134. The van der Waals surface area contributed by atoms with Gasteiger partial charge in [0.15, 0.2) is 0 Å². The molecule has 0 saturated carbocycles. The molecule has 6 heteroatoms. The maximum atomic E-state index is 11.7. The van der Waals surface area contributed by atoms with Crippen molar-refractivity contribution in [3.8, 4) is 0 Å². The van der Waals surface area contributed by atoms with Crippen molar-refractivity contribution in [1.82, 2.24) is 4.90 Å². The molecule has 21 heavy (non-hydrogen) atoms. The largest absolute Gasteiger partial charge is 0.480 e. The lowest BCUT2D eigenvalue weighted by Crippen LogP contribution is -2.50. The van der Waals surface area contributed by atoms with E-state index in [2.05, 4.69) is 0 Å². The molecule has 114 valence electrons. The Kier molecular flexibility index (Phi) is 4.27. The molecule has 2 rings (SSSR count). The first-order valence-electron chi connectivity index (χ1n) is 7.17. The third-order valence-electron chi connectivity index (χ3n) is 4.58. The van der Waals surface area contributed by atoms with Crippen LogP contribution in [0.3, 0.4) is 0 Å². The molecule has 0 amide bonds. The number of hydrogen-bond acceptors (Lipinski definition) is 4. The molecular formula is C15H20N2O4. The van der Waals surface area contributed by atoms with Crippen LogP contribution in [0, 0.1) is 10.1 Å². The molecule has 0 aromatic heterocycles. The lowest BCUT2D eigenvalue weighted by atomic mass is 9.91. The van der Waals surface area contributed by atoms with Gasteiger partial charge in [-0.1, -0.05) is 19.1 Å². The summed E-state index contributed by atoms with van der Waals surface area (Å²) >= 11 is 0. The maximum Gasteiger partial charge on any atom is 0.324 e. The number of likely N-dealkylation sites (tertiary alicyclic amines) is 1. The van der Waals surface area contributed by atoms with Gasteiger partial charge in [0.25, 0.3) is 5.69 Å². The van der Waals surface area contributed by atoms with Crippen LogP contribution >= 0.6 is 0 Å². The van der Waals surface area contributed by atoms with Crippen LogP contribution < -0.4 is 0 Å².